The maximum Gasteiger partial charge on any atom is 0.254 e. The fourth-order valence-electron chi connectivity index (χ4n) is 3.06. The fourth-order valence-corrected chi connectivity index (χ4v) is 4.77. The summed E-state index contributed by atoms with van der Waals surface area (Å²) >= 11 is 0. The summed E-state index contributed by atoms with van der Waals surface area (Å²) in [5.74, 6) is 1.17. The van der Waals surface area contributed by atoms with Crippen LogP contribution in [0.2, 0.25) is 0 Å². The van der Waals surface area contributed by atoms with Crippen LogP contribution in [0.4, 0.5) is 0 Å². The molecule has 0 spiro atoms. The first kappa shape index (κ1) is 16.1. The minimum absolute atomic E-state index is 0.0658. The van der Waals surface area contributed by atoms with Crippen LogP contribution in [0.5, 0.6) is 11.5 Å². The molecule has 1 amide bonds. The monoisotopic (exact) mass is 339 g/mol. The van der Waals surface area contributed by atoms with E-state index in [1.165, 1.54) is 14.2 Å². The summed E-state index contributed by atoms with van der Waals surface area (Å²) in [4.78, 5) is 14.7. The van der Waals surface area contributed by atoms with Gasteiger partial charge in [-0.15, -0.1) is 0 Å². The summed E-state index contributed by atoms with van der Waals surface area (Å²) in [5.41, 5.74) is 0.470. The molecular formula is C16H21NO5S. The van der Waals surface area contributed by atoms with Gasteiger partial charge in [-0.25, -0.2) is 8.42 Å². The zero-order chi connectivity index (χ0) is 16.6. The molecule has 1 saturated carbocycles. The third-order valence-electron chi connectivity index (χ3n) is 4.37. The Balaban J connectivity index is 1.90. The molecule has 1 aliphatic carbocycles. The molecular weight excluding hydrogens is 318 g/mol. The molecule has 0 aromatic heterocycles. The van der Waals surface area contributed by atoms with E-state index in [-0.39, 0.29) is 29.5 Å². The summed E-state index contributed by atoms with van der Waals surface area (Å²) in [6.45, 7) is 0. The van der Waals surface area contributed by atoms with Crippen LogP contribution in [0.1, 0.15) is 29.6 Å². The second-order valence-electron chi connectivity index (χ2n) is 6.10. The van der Waals surface area contributed by atoms with Gasteiger partial charge in [0.2, 0.25) is 0 Å². The Hall–Kier alpha value is -1.76. The molecule has 1 aliphatic heterocycles. The van der Waals surface area contributed by atoms with E-state index >= 15 is 0 Å². The number of methoxy groups -OCH3 is 2. The lowest BCUT2D eigenvalue weighted by Gasteiger charge is -2.28. The SMILES string of the molecule is COc1cc(OC)cc(C(=O)N(C2CC2)C2CCS(=O)(=O)C2)c1. The lowest BCUT2D eigenvalue weighted by Crippen LogP contribution is -2.42. The molecule has 2 fully saturated rings. The second kappa shape index (κ2) is 6.03. The molecule has 23 heavy (non-hydrogen) atoms. The Morgan fingerprint density at radius 3 is 2.09 bits per heavy atom. The van der Waals surface area contributed by atoms with E-state index in [1.54, 1.807) is 23.1 Å². The van der Waals surface area contributed by atoms with Gasteiger partial charge in [0.15, 0.2) is 9.84 Å². The van der Waals surface area contributed by atoms with Crippen LogP contribution in [0.3, 0.4) is 0 Å². The van der Waals surface area contributed by atoms with Crippen molar-refractivity contribution in [2.45, 2.75) is 31.3 Å². The molecule has 0 N–H and O–H groups in total. The topological polar surface area (TPSA) is 72.9 Å². The molecule has 1 atom stereocenters. The average Bonchev–Trinajstić information content (AvgIpc) is 3.30. The zero-order valence-corrected chi connectivity index (χ0v) is 14.1. The first-order valence-corrected chi connectivity index (χ1v) is 9.52. The van der Waals surface area contributed by atoms with Gasteiger partial charge in [0, 0.05) is 23.7 Å². The lowest BCUT2D eigenvalue weighted by atomic mass is 10.1. The second-order valence-corrected chi connectivity index (χ2v) is 8.33. The highest BCUT2D eigenvalue weighted by molar-refractivity contribution is 7.91. The quantitative estimate of drug-likeness (QED) is 0.813. The maximum atomic E-state index is 13.0. The van der Waals surface area contributed by atoms with Gasteiger partial charge >= 0.3 is 0 Å². The van der Waals surface area contributed by atoms with Crippen LogP contribution in [-0.4, -0.2) is 57.0 Å². The van der Waals surface area contributed by atoms with E-state index in [0.717, 1.165) is 12.8 Å². The van der Waals surface area contributed by atoms with Crippen molar-refractivity contribution in [1.29, 1.82) is 0 Å². The van der Waals surface area contributed by atoms with Gasteiger partial charge in [0.25, 0.3) is 5.91 Å². The van der Waals surface area contributed by atoms with Crippen LogP contribution in [-0.2, 0) is 9.84 Å². The molecule has 2 aliphatic rings. The average molecular weight is 339 g/mol. The van der Waals surface area contributed by atoms with E-state index in [0.29, 0.717) is 23.5 Å². The third-order valence-corrected chi connectivity index (χ3v) is 6.13. The molecule has 126 valence electrons. The Kier molecular flexibility index (Phi) is 4.23. The summed E-state index contributed by atoms with van der Waals surface area (Å²) in [7, 11) is 0.0351. The van der Waals surface area contributed by atoms with Crippen LogP contribution < -0.4 is 9.47 Å². The molecule has 1 unspecified atom stereocenters. The number of amides is 1. The van der Waals surface area contributed by atoms with E-state index in [2.05, 4.69) is 0 Å². The Morgan fingerprint density at radius 2 is 1.65 bits per heavy atom. The molecule has 1 saturated heterocycles. The van der Waals surface area contributed by atoms with E-state index in [9.17, 15) is 13.2 Å². The predicted molar refractivity (Wildman–Crippen MR) is 85.8 cm³/mol. The standard InChI is InChI=1S/C16H21NO5S/c1-21-14-7-11(8-15(9-14)22-2)16(18)17(12-3-4-12)13-5-6-23(19,20)10-13/h7-9,12-13H,3-6,10H2,1-2H3. The van der Waals surface area contributed by atoms with Gasteiger partial charge in [-0.05, 0) is 31.4 Å². The number of hydrogen-bond acceptors (Lipinski definition) is 5. The van der Waals surface area contributed by atoms with Crippen molar-refractivity contribution in [3.63, 3.8) is 0 Å². The Morgan fingerprint density at radius 1 is 1.04 bits per heavy atom. The number of sulfone groups is 1. The number of nitrogens with zero attached hydrogens (tertiary/aromatic N) is 1. The van der Waals surface area contributed by atoms with Crippen molar-refractivity contribution >= 4 is 15.7 Å². The van der Waals surface area contributed by atoms with Gasteiger partial charge < -0.3 is 14.4 Å². The first-order chi connectivity index (χ1) is 10.9. The smallest absolute Gasteiger partial charge is 0.254 e. The van der Waals surface area contributed by atoms with Crippen molar-refractivity contribution in [2.75, 3.05) is 25.7 Å². The van der Waals surface area contributed by atoms with E-state index in [1.807, 2.05) is 0 Å². The van der Waals surface area contributed by atoms with Gasteiger partial charge in [0.1, 0.15) is 11.5 Å². The Labute approximate surface area is 136 Å². The molecule has 0 bridgehead atoms. The highest BCUT2D eigenvalue weighted by Gasteiger charge is 2.42. The molecule has 1 aromatic carbocycles. The molecule has 3 rings (SSSR count). The summed E-state index contributed by atoms with van der Waals surface area (Å²) in [5, 5.41) is 0. The molecule has 1 heterocycles. The fraction of sp³-hybridized carbons (Fsp3) is 0.562. The van der Waals surface area contributed by atoms with Crippen molar-refractivity contribution in [3.05, 3.63) is 23.8 Å². The lowest BCUT2D eigenvalue weighted by molar-refractivity contribution is 0.0680. The summed E-state index contributed by atoms with van der Waals surface area (Å²) in [6, 6.07) is 4.97. The van der Waals surface area contributed by atoms with Crippen molar-refractivity contribution in [3.8, 4) is 11.5 Å². The number of carbonyl (C=O) groups is 1. The minimum Gasteiger partial charge on any atom is -0.497 e. The predicted octanol–water partition coefficient (Wildman–Crippen LogP) is 1.50. The van der Waals surface area contributed by atoms with Crippen LogP contribution in [0.25, 0.3) is 0 Å². The third kappa shape index (κ3) is 3.44. The highest BCUT2D eigenvalue weighted by Crippen LogP contribution is 2.34. The molecule has 1 aromatic rings. The summed E-state index contributed by atoms with van der Waals surface area (Å²) < 4.78 is 34.0. The van der Waals surface area contributed by atoms with Gasteiger partial charge in [-0.1, -0.05) is 0 Å². The minimum atomic E-state index is -3.03. The molecule has 7 heteroatoms. The van der Waals surface area contributed by atoms with E-state index < -0.39 is 9.84 Å². The first-order valence-electron chi connectivity index (χ1n) is 7.69. The van der Waals surface area contributed by atoms with Crippen molar-refractivity contribution in [2.24, 2.45) is 0 Å². The number of hydrogen-bond donors (Lipinski definition) is 0. The van der Waals surface area contributed by atoms with Crippen LogP contribution in [0.15, 0.2) is 18.2 Å². The Bertz CT molecular complexity index is 689. The van der Waals surface area contributed by atoms with Gasteiger partial charge in [-0.2, -0.15) is 0 Å². The van der Waals surface area contributed by atoms with Crippen LogP contribution >= 0.6 is 0 Å². The van der Waals surface area contributed by atoms with Crippen LogP contribution in [0, 0.1) is 0 Å². The van der Waals surface area contributed by atoms with Gasteiger partial charge in [-0.3, -0.25) is 4.79 Å². The number of carbonyl (C=O) groups excluding carboxylic acids is 1. The zero-order valence-electron chi connectivity index (χ0n) is 13.3. The highest BCUT2D eigenvalue weighted by atomic mass is 32.2. The maximum absolute atomic E-state index is 13.0. The van der Waals surface area contributed by atoms with Gasteiger partial charge in [0.05, 0.1) is 25.7 Å². The molecule has 0 radical (unpaired) electrons. The summed E-state index contributed by atoms with van der Waals surface area (Å²) in [6.07, 6.45) is 2.39. The normalized spacial score (nSPS) is 22.6. The molecule has 6 nitrogen and oxygen atoms in total. The number of ether oxygens (including phenoxy) is 2. The van der Waals surface area contributed by atoms with Crippen molar-refractivity contribution in [1.82, 2.24) is 4.90 Å². The van der Waals surface area contributed by atoms with E-state index in [4.69, 9.17) is 9.47 Å². The largest absolute Gasteiger partial charge is 0.497 e. The number of benzene rings is 1. The van der Waals surface area contributed by atoms with Crippen molar-refractivity contribution < 1.29 is 22.7 Å². The number of rotatable bonds is 5.